The number of furan rings is 1. The monoisotopic (exact) mass is 538 g/mol. The van der Waals surface area contributed by atoms with E-state index < -0.39 is 0 Å². The molecule has 2 heteroatoms. The Morgan fingerprint density at radius 1 is 0.357 bits per heavy atom. The molecule has 42 heavy (non-hydrogen) atoms. The third-order valence-corrected chi connectivity index (χ3v) is 8.65. The van der Waals surface area contributed by atoms with Crippen LogP contribution in [-0.2, 0) is 0 Å². The lowest BCUT2D eigenvalue weighted by Gasteiger charge is -2.18. The zero-order valence-corrected chi connectivity index (χ0v) is 22.6. The van der Waals surface area contributed by atoms with E-state index in [0.29, 0.717) is 0 Å². The molecule has 8 aromatic carbocycles. The Hall–Kier alpha value is -5.47. The topological polar surface area (TPSA) is 13.1 Å². The van der Waals surface area contributed by atoms with Gasteiger partial charge in [0.15, 0.2) is 0 Å². The Morgan fingerprint density at radius 2 is 0.905 bits per heavy atom. The molecule has 0 atom stereocenters. The first-order valence-corrected chi connectivity index (χ1v) is 14.2. The molecule has 0 saturated carbocycles. The van der Waals surface area contributed by atoms with Crippen molar-refractivity contribution in [2.75, 3.05) is 0 Å². The molecule has 1 heterocycles. The molecule has 0 spiro atoms. The minimum absolute atomic E-state index is 0.222. The average molecular weight is 539 g/mol. The zero-order chi connectivity index (χ0) is 27.8. The van der Waals surface area contributed by atoms with Crippen LogP contribution in [0.5, 0.6) is 0 Å². The van der Waals surface area contributed by atoms with Gasteiger partial charge in [-0.1, -0.05) is 97.1 Å². The maximum atomic E-state index is 14.2. The van der Waals surface area contributed by atoms with Crippen molar-refractivity contribution in [3.63, 3.8) is 0 Å². The Bertz CT molecular complexity index is 2480. The average Bonchev–Trinajstić information content (AvgIpc) is 3.38. The summed E-state index contributed by atoms with van der Waals surface area (Å²) in [5.41, 5.74) is 6.38. The standard InChI is InChI=1S/C40H23FO/c41-30-17-15-24-13-14-27(19-29(24)20-30)39-31-9-3-5-11-33(31)40(34-12-6-4-10-32(34)39)28-16-18-37-35(22-28)36-21-25-7-1-2-8-26(25)23-38(36)42-37/h1-23H. The summed E-state index contributed by atoms with van der Waals surface area (Å²) in [6, 6.07) is 47.9. The van der Waals surface area contributed by atoms with Crippen LogP contribution in [0.25, 0.3) is 87.3 Å². The summed E-state index contributed by atoms with van der Waals surface area (Å²) in [5.74, 6) is -0.222. The van der Waals surface area contributed by atoms with E-state index in [1.807, 2.05) is 6.07 Å². The molecular formula is C40H23FO. The fraction of sp³-hybridized carbons (Fsp3) is 0. The first-order valence-electron chi connectivity index (χ1n) is 14.2. The van der Waals surface area contributed by atoms with Gasteiger partial charge in [-0.05, 0) is 108 Å². The van der Waals surface area contributed by atoms with Gasteiger partial charge in [0.25, 0.3) is 0 Å². The SMILES string of the molecule is Fc1ccc2ccc(-c3c4ccccc4c(-c4ccc5oc6cc7ccccc7cc6c5c4)c4ccccc34)cc2c1. The van der Waals surface area contributed by atoms with Gasteiger partial charge in [0.1, 0.15) is 17.0 Å². The van der Waals surface area contributed by atoms with Crippen molar-refractivity contribution in [2.24, 2.45) is 0 Å². The number of benzene rings is 8. The van der Waals surface area contributed by atoms with Gasteiger partial charge in [0, 0.05) is 10.8 Å². The lowest BCUT2D eigenvalue weighted by molar-refractivity contribution is 0.630. The predicted molar refractivity (Wildman–Crippen MR) is 175 cm³/mol. The second-order valence-electron chi connectivity index (χ2n) is 11.1. The van der Waals surface area contributed by atoms with Crippen LogP contribution in [0.1, 0.15) is 0 Å². The van der Waals surface area contributed by atoms with Crippen molar-refractivity contribution in [3.05, 3.63) is 145 Å². The molecule has 1 nitrogen and oxygen atoms in total. The first-order chi connectivity index (χ1) is 20.7. The summed E-state index contributed by atoms with van der Waals surface area (Å²) in [6.45, 7) is 0. The second kappa shape index (κ2) is 8.76. The molecule has 0 unspecified atom stereocenters. The van der Waals surface area contributed by atoms with Crippen LogP contribution in [0.3, 0.4) is 0 Å². The zero-order valence-electron chi connectivity index (χ0n) is 22.6. The highest BCUT2D eigenvalue weighted by Gasteiger charge is 2.18. The highest BCUT2D eigenvalue weighted by atomic mass is 19.1. The summed E-state index contributed by atoms with van der Waals surface area (Å²) < 4.78 is 20.5. The maximum Gasteiger partial charge on any atom is 0.136 e. The fourth-order valence-corrected chi connectivity index (χ4v) is 6.74. The molecule has 0 saturated heterocycles. The number of hydrogen-bond donors (Lipinski definition) is 0. The highest BCUT2D eigenvalue weighted by molar-refractivity contribution is 6.22. The summed E-state index contributed by atoms with van der Waals surface area (Å²) in [4.78, 5) is 0. The summed E-state index contributed by atoms with van der Waals surface area (Å²) >= 11 is 0. The van der Waals surface area contributed by atoms with Crippen molar-refractivity contribution >= 4 is 65.0 Å². The smallest absolute Gasteiger partial charge is 0.136 e. The third kappa shape index (κ3) is 3.42. The normalized spacial score (nSPS) is 11.9. The molecule has 196 valence electrons. The molecular weight excluding hydrogens is 515 g/mol. The van der Waals surface area contributed by atoms with E-state index in [-0.39, 0.29) is 5.82 Å². The third-order valence-electron chi connectivity index (χ3n) is 8.65. The van der Waals surface area contributed by atoms with Crippen molar-refractivity contribution in [1.82, 2.24) is 0 Å². The van der Waals surface area contributed by atoms with E-state index >= 15 is 0 Å². The van der Waals surface area contributed by atoms with Gasteiger partial charge >= 0.3 is 0 Å². The van der Waals surface area contributed by atoms with Gasteiger partial charge in [-0.15, -0.1) is 0 Å². The number of fused-ring (bicyclic) bond motifs is 7. The largest absolute Gasteiger partial charge is 0.456 e. The van der Waals surface area contributed by atoms with Crippen molar-refractivity contribution in [3.8, 4) is 22.3 Å². The predicted octanol–water partition coefficient (Wildman–Crippen LogP) is 11.7. The Kier molecular flexibility index (Phi) is 4.85. The molecule has 0 aliphatic carbocycles. The van der Waals surface area contributed by atoms with Gasteiger partial charge in [-0.3, -0.25) is 0 Å². The van der Waals surface area contributed by atoms with E-state index in [4.69, 9.17) is 4.42 Å². The summed E-state index contributed by atoms with van der Waals surface area (Å²) in [7, 11) is 0. The Balaban J connectivity index is 1.35. The van der Waals surface area contributed by atoms with Crippen molar-refractivity contribution in [1.29, 1.82) is 0 Å². The Labute approximate surface area is 241 Å². The minimum atomic E-state index is -0.222. The first kappa shape index (κ1) is 23.3. The quantitative estimate of drug-likeness (QED) is 0.200. The second-order valence-corrected chi connectivity index (χ2v) is 11.1. The Morgan fingerprint density at radius 3 is 1.60 bits per heavy atom. The van der Waals surface area contributed by atoms with Crippen LogP contribution in [0.2, 0.25) is 0 Å². The minimum Gasteiger partial charge on any atom is -0.456 e. The molecule has 0 N–H and O–H groups in total. The van der Waals surface area contributed by atoms with Gasteiger partial charge in [-0.2, -0.15) is 0 Å². The number of hydrogen-bond acceptors (Lipinski definition) is 1. The molecule has 0 radical (unpaired) electrons. The molecule has 9 aromatic rings. The van der Waals surface area contributed by atoms with Crippen molar-refractivity contribution < 1.29 is 8.81 Å². The van der Waals surface area contributed by atoms with Crippen LogP contribution in [0.15, 0.2) is 144 Å². The van der Waals surface area contributed by atoms with Crippen LogP contribution < -0.4 is 0 Å². The molecule has 0 amide bonds. The molecule has 1 aromatic heterocycles. The number of halogens is 1. The highest BCUT2D eigenvalue weighted by Crippen LogP contribution is 2.45. The summed E-state index contributed by atoms with van der Waals surface area (Å²) in [6.07, 6.45) is 0. The van der Waals surface area contributed by atoms with E-state index in [1.54, 1.807) is 6.07 Å². The van der Waals surface area contributed by atoms with Gasteiger partial charge in [0.2, 0.25) is 0 Å². The maximum absolute atomic E-state index is 14.2. The molecule has 0 aliphatic heterocycles. The van der Waals surface area contributed by atoms with E-state index in [0.717, 1.165) is 49.4 Å². The fourth-order valence-electron chi connectivity index (χ4n) is 6.74. The van der Waals surface area contributed by atoms with Crippen LogP contribution in [0, 0.1) is 5.82 Å². The molecule has 0 fully saturated rings. The van der Waals surface area contributed by atoms with E-state index in [9.17, 15) is 4.39 Å². The molecule has 0 aliphatic rings. The lowest BCUT2D eigenvalue weighted by atomic mass is 9.85. The van der Waals surface area contributed by atoms with Crippen molar-refractivity contribution in [2.45, 2.75) is 0 Å². The lowest BCUT2D eigenvalue weighted by Crippen LogP contribution is -1.91. The molecule has 9 rings (SSSR count). The van der Waals surface area contributed by atoms with Gasteiger partial charge < -0.3 is 4.42 Å². The van der Waals surface area contributed by atoms with Crippen LogP contribution in [0.4, 0.5) is 4.39 Å². The van der Waals surface area contributed by atoms with E-state index in [2.05, 4.69) is 121 Å². The van der Waals surface area contributed by atoms with Gasteiger partial charge in [0.05, 0.1) is 0 Å². The van der Waals surface area contributed by atoms with E-state index in [1.165, 1.54) is 43.9 Å². The van der Waals surface area contributed by atoms with Gasteiger partial charge in [-0.25, -0.2) is 4.39 Å². The van der Waals surface area contributed by atoms with Crippen LogP contribution in [-0.4, -0.2) is 0 Å². The summed E-state index contributed by atoms with van der Waals surface area (Å²) in [5, 5.41) is 11.2. The van der Waals surface area contributed by atoms with Crippen LogP contribution >= 0.6 is 0 Å². The number of rotatable bonds is 2. The molecule has 0 bridgehead atoms.